The number of alkyl carbamates (subject to hydrolysis) is 1. The number of carbonyl (C=O) groups is 1. The quantitative estimate of drug-likeness (QED) is 0.610. The number of nitriles is 1. The molecule has 8 nitrogen and oxygen atoms in total. The molecule has 1 heterocycles. The van der Waals surface area contributed by atoms with Gasteiger partial charge in [0.25, 0.3) is 0 Å². The lowest BCUT2D eigenvalue weighted by molar-refractivity contribution is 0.139. The average molecular weight is 379 g/mol. The molecule has 28 heavy (non-hydrogen) atoms. The van der Waals surface area contributed by atoms with Crippen LogP contribution in [0.1, 0.15) is 17.5 Å². The predicted octanol–water partition coefficient (Wildman–Crippen LogP) is 2.82. The number of ether oxygens (including phenoxy) is 2. The summed E-state index contributed by atoms with van der Waals surface area (Å²) in [7, 11) is 1.54. The second-order valence-electron chi connectivity index (χ2n) is 6.12. The van der Waals surface area contributed by atoms with Crippen molar-refractivity contribution < 1.29 is 14.3 Å². The summed E-state index contributed by atoms with van der Waals surface area (Å²) in [6.45, 7) is 1.18. The number of fused-ring (bicyclic) bond motifs is 1. The summed E-state index contributed by atoms with van der Waals surface area (Å²) in [6.07, 6.45) is 0.155. The van der Waals surface area contributed by atoms with Gasteiger partial charge in [0.15, 0.2) is 0 Å². The fourth-order valence-electron chi connectivity index (χ4n) is 2.90. The molecule has 0 spiro atoms. The van der Waals surface area contributed by atoms with Crippen molar-refractivity contribution in [1.82, 2.24) is 14.9 Å². The van der Waals surface area contributed by atoms with Crippen LogP contribution in [0.3, 0.4) is 0 Å². The van der Waals surface area contributed by atoms with Crippen molar-refractivity contribution >= 4 is 23.1 Å². The molecule has 3 N–H and O–H groups in total. The molecular formula is C20H21N5O3. The number of nitrogens with one attached hydrogen (secondary N) is 1. The molecule has 0 aliphatic rings. The maximum atomic E-state index is 11.8. The van der Waals surface area contributed by atoms with E-state index < -0.39 is 6.09 Å². The predicted molar refractivity (Wildman–Crippen MR) is 105 cm³/mol. The zero-order valence-corrected chi connectivity index (χ0v) is 15.5. The number of imidazole rings is 1. The average Bonchev–Trinajstić information content (AvgIpc) is 3.04. The molecule has 144 valence electrons. The third-order valence-corrected chi connectivity index (χ3v) is 4.23. The van der Waals surface area contributed by atoms with E-state index in [2.05, 4.69) is 16.4 Å². The zero-order valence-electron chi connectivity index (χ0n) is 15.5. The number of hydrogen-bond donors (Lipinski definition) is 2. The Morgan fingerprint density at radius 3 is 2.82 bits per heavy atom. The van der Waals surface area contributed by atoms with Crippen molar-refractivity contribution in [1.29, 1.82) is 5.26 Å². The van der Waals surface area contributed by atoms with Crippen LogP contribution in [0.4, 0.5) is 10.7 Å². The first kappa shape index (κ1) is 19.0. The molecule has 0 aliphatic heterocycles. The molecule has 0 saturated carbocycles. The highest BCUT2D eigenvalue weighted by Crippen LogP contribution is 2.29. The van der Waals surface area contributed by atoms with Crippen LogP contribution in [0.5, 0.6) is 5.75 Å². The molecular weight excluding hydrogens is 358 g/mol. The van der Waals surface area contributed by atoms with Gasteiger partial charge in [-0.1, -0.05) is 30.3 Å². The maximum absolute atomic E-state index is 11.8. The molecule has 0 radical (unpaired) electrons. The number of aryl methyl sites for hydroxylation is 1. The van der Waals surface area contributed by atoms with Crippen LogP contribution < -0.4 is 15.8 Å². The molecule has 0 unspecified atom stereocenters. The monoisotopic (exact) mass is 379 g/mol. The van der Waals surface area contributed by atoms with Gasteiger partial charge in [-0.2, -0.15) is 5.26 Å². The number of amides is 1. The highest BCUT2D eigenvalue weighted by atomic mass is 16.5. The highest BCUT2D eigenvalue weighted by molar-refractivity contribution is 5.86. The van der Waals surface area contributed by atoms with Crippen LogP contribution >= 0.6 is 0 Å². The van der Waals surface area contributed by atoms with Crippen molar-refractivity contribution in [2.45, 2.75) is 19.6 Å². The molecule has 3 aromatic rings. The Hall–Kier alpha value is -3.73. The topological polar surface area (TPSA) is 115 Å². The lowest BCUT2D eigenvalue weighted by Gasteiger charge is -2.10. The summed E-state index contributed by atoms with van der Waals surface area (Å²) in [4.78, 5) is 16.1. The number of rotatable bonds is 7. The Labute approximate surface area is 162 Å². The summed E-state index contributed by atoms with van der Waals surface area (Å²) in [5.41, 5.74) is 8.74. The van der Waals surface area contributed by atoms with Crippen LogP contribution in [0, 0.1) is 11.3 Å². The first-order valence-electron chi connectivity index (χ1n) is 8.80. The SMILES string of the molecule is COc1cc(C#N)cc2nc(N)n(CCCNC(=O)OCc3ccccc3)c12. The minimum absolute atomic E-state index is 0.226. The molecule has 0 bridgehead atoms. The van der Waals surface area contributed by atoms with E-state index in [-0.39, 0.29) is 6.61 Å². The number of benzene rings is 2. The van der Waals surface area contributed by atoms with E-state index in [1.165, 1.54) is 7.11 Å². The first-order chi connectivity index (χ1) is 13.6. The maximum Gasteiger partial charge on any atom is 0.407 e. The molecule has 0 saturated heterocycles. The first-order valence-corrected chi connectivity index (χ1v) is 8.80. The van der Waals surface area contributed by atoms with Crippen LogP contribution in [0.25, 0.3) is 11.0 Å². The van der Waals surface area contributed by atoms with E-state index in [4.69, 9.17) is 20.5 Å². The Kier molecular flexibility index (Phi) is 5.97. The molecule has 0 atom stereocenters. The van der Waals surface area contributed by atoms with Crippen molar-refractivity contribution in [2.75, 3.05) is 19.4 Å². The number of aromatic nitrogens is 2. The molecule has 0 fully saturated rings. The van der Waals surface area contributed by atoms with Crippen LogP contribution in [0.15, 0.2) is 42.5 Å². The lowest BCUT2D eigenvalue weighted by atomic mass is 10.2. The van der Waals surface area contributed by atoms with Gasteiger partial charge < -0.3 is 25.1 Å². The number of nitrogen functional groups attached to an aromatic ring is 1. The zero-order chi connectivity index (χ0) is 19.9. The van der Waals surface area contributed by atoms with Gasteiger partial charge in [-0.05, 0) is 18.1 Å². The van der Waals surface area contributed by atoms with Gasteiger partial charge in [0.1, 0.15) is 17.9 Å². The molecule has 3 rings (SSSR count). The minimum Gasteiger partial charge on any atom is -0.494 e. The van der Waals surface area contributed by atoms with Crippen molar-refractivity contribution in [3.63, 3.8) is 0 Å². The standard InChI is InChI=1S/C20H21N5O3/c1-27-17-11-15(12-21)10-16-18(17)25(19(22)24-16)9-5-8-23-20(26)28-13-14-6-3-2-4-7-14/h2-4,6-7,10-11H,5,8-9,13H2,1H3,(H2,22,24)(H,23,26). The lowest BCUT2D eigenvalue weighted by Crippen LogP contribution is -2.26. The van der Waals surface area contributed by atoms with Gasteiger partial charge in [-0.3, -0.25) is 0 Å². The van der Waals surface area contributed by atoms with E-state index in [9.17, 15) is 4.79 Å². The normalized spacial score (nSPS) is 10.4. The summed E-state index contributed by atoms with van der Waals surface area (Å²) in [5, 5.41) is 11.8. The minimum atomic E-state index is -0.469. The van der Waals surface area contributed by atoms with Gasteiger partial charge in [0, 0.05) is 19.2 Å². The Bertz CT molecular complexity index is 1010. The second-order valence-corrected chi connectivity index (χ2v) is 6.12. The molecule has 2 aromatic carbocycles. The molecule has 1 aromatic heterocycles. The summed E-state index contributed by atoms with van der Waals surface area (Å²) < 4.78 is 12.4. The number of nitrogens with two attached hydrogens (primary N) is 1. The second kappa shape index (κ2) is 8.77. The number of carbonyl (C=O) groups excluding carboxylic acids is 1. The number of anilines is 1. The van der Waals surface area contributed by atoms with Gasteiger partial charge >= 0.3 is 6.09 Å². The Morgan fingerprint density at radius 1 is 1.32 bits per heavy atom. The van der Waals surface area contributed by atoms with E-state index in [1.54, 1.807) is 12.1 Å². The third kappa shape index (κ3) is 4.32. The Morgan fingerprint density at radius 2 is 2.11 bits per heavy atom. The number of nitrogens with zero attached hydrogens (tertiary/aromatic N) is 3. The van der Waals surface area contributed by atoms with Crippen molar-refractivity contribution in [3.05, 3.63) is 53.6 Å². The van der Waals surface area contributed by atoms with Crippen LogP contribution in [0.2, 0.25) is 0 Å². The van der Waals surface area contributed by atoms with E-state index in [0.717, 1.165) is 11.1 Å². The fraction of sp³-hybridized carbons (Fsp3) is 0.250. The third-order valence-electron chi connectivity index (χ3n) is 4.23. The molecule has 0 aliphatic carbocycles. The highest BCUT2D eigenvalue weighted by Gasteiger charge is 2.14. The van der Waals surface area contributed by atoms with Crippen LogP contribution in [-0.2, 0) is 17.9 Å². The fourth-order valence-corrected chi connectivity index (χ4v) is 2.90. The van der Waals surface area contributed by atoms with Gasteiger partial charge in [-0.15, -0.1) is 0 Å². The van der Waals surface area contributed by atoms with E-state index in [0.29, 0.717) is 42.3 Å². The largest absolute Gasteiger partial charge is 0.494 e. The van der Waals surface area contributed by atoms with Crippen molar-refractivity contribution in [2.24, 2.45) is 0 Å². The molecule has 8 heteroatoms. The summed E-state index contributed by atoms with van der Waals surface area (Å²) in [6, 6.07) is 14.9. The van der Waals surface area contributed by atoms with Crippen LogP contribution in [-0.4, -0.2) is 29.3 Å². The van der Waals surface area contributed by atoms with E-state index >= 15 is 0 Å². The smallest absolute Gasteiger partial charge is 0.407 e. The number of methoxy groups -OCH3 is 1. The van der Waals surface area contributed by atoms with Gasteiger partial charge in [0.2, 0.25) is 5.95 Å². The number of hydrogen-bond acceptors (Lipinski definition) is 6. The van der Waals surface area contributed by atoms with Gasteiger partial charge in [0.05, 0.1) is 24.3 Å². The van der Waals surface area contributed by atoms with Crippen molar-refractivity contribution in [3.8, 4) is 11.8 Å². The summed E-state index contributed by atoms with van der Waals surface area (Å²) >= 11 is 0. The Balaban J connectivity index is 1.56. The van der Waals surface area contributed by atoms with E-state index in [1.807, 2.05) is 34.9 Å². The summed E-state index contributed by atoms with van der Waals surface area (Å²) in [5.74, 6) is 0.864. The molecule has 1 amide bonds. The van der Waals surface area contributed by atoms with Gasteiger partial charge in [-0.25, -0.2) is 9.78 Å².